The molecule has 1 atom stereocenters. The number of phenolic OH excluding ortho intramolecular Hbond substituents is 1. The van der Waals surface area contributed by atoms with E-state index in [1.807, 2.05) is 12.1 Å². The summed E-state index contributed by atoms with van der Waals surface area (Å²) in [4.78, 5) is 14.2. The van der Waals surface area contributed by atoms with Crippen LogP contribution in [0.5, 0.6) is 5.75 Å². The molecule has 1 aliphatic rings. The molecule has 0 radical (unpaired) electrons. The summed E-state index contributed by atoms with van der Waals surface area (Å²) in [7, 11) is 2.10. The third-order valence-electron chi connectivity index (χ3n) is 4.01. The van der Waals surface area contributed by atoms with Gasteiger partial charge in [0.15, 0.2) is 0 Å². The lowest BCUT2D eigenvalue weighted by molar-refractivity contribution is -0.122. The molecule has 110 valence electrons. The maximum atomic E-state index is 11.9. The minimum absolute atomic E-state index is 0.141. The molecule has 1 aromatic carbocycles. The number of rotatable bonds is 5. The van der Waals surface area contributed by atoms with Crippen LogP contribution in [0.4, 0.5) is 0 Å². The summed E-state index contributed by atoms with van der Waals surface area (Å²) in [5.74, 6) is 0.417. The van der Waals surface area contributed by atoms with E-state index in [9.17, 15) is 9.90 Å². The van der Waals surface area contributed by atoms with E-state index in [4.69, 9.17) is 0 Å². The fraction of sp³-hybridized carbons (Fsp3) is 0.562. The number of nitrogens with zero attached hydrogens (tertiary/aromatic N) is 1. The molecule has 4 nitrogen and oxygen atoms in total. The molecule has 1 fully saturated rings. The van der Waals surface area contributed by atoms with Gasteiger partial charge >= 0.3 is 0 Å². The van der Waals surface area contributed by atoms with Crippen molar-refractivity contribution in [3.63, 3.8) is 0 Å². The maximum Gasteiger partial charge on any atom is 0.221 e. The Labute approximate surface area is 120 Å². The van der Waals surface area contributed by atoms with E-state index in [-0.39, 0.29) is 11.7 Å². The lowest BCUT2D eigenvalue weighted by Crippen LogP contribution is -2.40. The van der Waals surface area contributed by atoms with Crippen molar-refractivity contribution in [3.05, 3.63) is 29.8 Å². The van der Waals surface area contributed by atoms with Crippen molar-refractivity contribution in [1.29, 1.82) is 0 Å². The Kier molecular flexibility index (Phi) is 5.41. The monoisotopic (exact) mass is 276 g/mol. The second kappa shape index (κ2) is 7.29. The van der Waals surface area contributed by atoms with E-state index in [2.05, 4.69) is 17.3 Å². The van der Waals surface area contributed by atoms with Crippen molar-refractivity contribution in [3.8, 4) is 5.75 Å². The highest BCUT2D eigenvalue weighted by Crippen LogP contribution is 2.17. The molecule has 0 unspecified atom stereocenters. The standard InChI is InChI=1S/C16H24N2O2/c1-18-11-3-2-4-14(18)12-16(20)17-10-9-13-5-7-15(19)8-6-13/h5-8,14,19H,2-4,9-12H2,1H3,(H,17,20)/t14-/m0/s1. The Balaban J connectivity index is 1.68. The summed E-state index contributed by atoms with van der Waals surface area (Å²) in [6.45, 7) is 1.76. The first-order valence-electron chi connectivity index (χ1n) is 7.40. The van der Waals surface area contributed by atoms with Crippen LogP contribution in [0, 0.1) is 0 Å². The Bertz CT molecular complexity index is 431. The van der Waals surface area contributed by atoms with Gasteiger partial charge in [-0.2, -0.15) is 0 Å². The zero-order chi connectivity index (χ0) is 14.4. The van der Waals surface area contributed by atoms with Gasteiger partial charge in [0.2, 0.25) is 5.91 Å². The molecule has 4 heteroatoms. The fourth-order valence-electron chi connectivity index (χ4n) is 2.70. The molecule has 0 aliphatic carbocycles. The van der Waals surface area contributed by atoms with Crippen LogP contribution in [-0.2, 0) is 11.2 Å². The quantitative estimate of drug-likeness (QED) is 0.864. The van der Waals surface area contributed by atoms with Crippen molar-refractivity contribution >= 4 is 5.91 Å². The molecular weight excluding hydrogens is 252 g/mol. The lowest BCUT2D eigenvalue weighted by Gasteiger charge is -2.31. The van der Waals surface area contributed by atoms with Gasteiger partial charge in [-0.15, -0.1) is 0 Å². The third kappa shape index (κ3) is 4.53. The third-order valence-corrected chi connectivity index (χ3v) is 4.01. The second-order valence-electron chi connectivity index (χ2n) is 5.60. The van der Waals surface area contributed by atoms with Crippen molar-refractivity contribution in [2.24, 2.45) is 0 Å². The molecule has 0 spiro atoms. The fourth-order valence-corrected chi connectivity index (χ4v) is 2.70. The largest absolute Gasteiger partial charge is 0.508 e. The number of hydrogen-bond acceptors (Lipinski definition) is 3. The first-order chi connectivity index (χ1) is 9.65. The number of carbonyl (C=O) groups excluding carboxylic acids is 1. The van der Waals surface area contributed by atoms with E-state index in [0.29, 0.717) is 19.0 Å². The number of likely N-dealkylation sites (tertiary alicyclic amines) is 1. The van der Waals surface area contributed by atoms with Crippen LogP contribution in [0.2, 0.25) is 0 Å². The summed E-state index contributed by atoms with van der Waals surface area (Å²) < 4.78 is 0. The molecule has 20 heavy (non-hydrogen) atoms. The topological polar surface area (TPSA) is 52.6 Å². The molecule has 0 saturated carbocycles. The van der Waals surface area contributed by atoms with Gasteiger partial charge in [-0.05, 0) is 50.6 Å². The van der Waals surface area contributed by atoms with Crippen molar-refractivity contribution in [2.45, 2.75) is 38.1 Å². The van der Waals surface area contributed by atoms with Crippen LogP contribution >= 0.6 is 0 Å². The first kappa shape index (κ1) is 14.9. The molecule has 0 bridgehead atoms. The summed E-state index contributed by atoms with van der Waals surface area (Å²) >= 11 is 0. The van der Waals surface area contributed by atoms with Crippen LogP contribution < -0.4 is 5.32 Å². The normalized spacial score (nSPS) is 19.8. The number of nitrogens with one attached hydrogen (secondary N) is 1. The Hall–Kier alpha value is -1.55. The highest BCUT2D eigenvalue weighted by molar-refractivity contribution is 5.76. The number of hydrogen-bond donors (Lipinski definition) is 2. The van der Waals surface area contributed by atoms with Gasteiger partial charge in [0.05, 0.1) is 0 Å². The molecule has 1 heterocycles. The van der Waals surface area contributed by atoms with Crippen LogP contribution in [0.1, 0.15) is 31.2 Å². The van der Waals surface area contributed by atoms with Gasteiger partial charge in [0.1, 0.15) is 5.75 Å². The Morgan fingerprint density at radius 1 is 1.35 bits per heavy atom. The van der Waals surface area contributed by atoms with E-state index >= 15 is 0 Å². The molecule has 0 aromatic heterocycles. The molecule has 1 saturated heterocycles. The average Bonchev–Trinajstić information content (AvgIpc) is 2.44. The summed E-state index contributed by atoms with van der Waals surface area (Å²) in [6, 6.07) is 7.52. The Morgan fingerprint density at radius 2 is 2.10 bits per heavy atom. The number of amides is 1. The van der Waals surface area contributed by atoms with E-state index < -0.39 is 0 Å². The van der Waals surface area contributed by atoms with Crippen LogP contribution in [-0.4, -0.2) is 42.1 Å². The number of carbonyl (C=O) groups is 1. The van der Waals surface area contributed by atoms with Crippen LogP contribution in [0.25, 0.3) is 0 Å². The maximum absolute atomic E-state index is 11.9. The Morgan fingerprint density at radius 3 is 2.80 bits per heavy atom. The molecular formula is C16H24N2O2. The van der Waals surface area contributed by atoms with Crippen molar-refractivity contribution in [2.75, 3.05) is 20.1 Å². The van der Waals surface area contributed by atoms with Gasteiger partial charge in [0.25, 0.3) is 0 Å². The number of phenols is 1. The van der Waals surface area contributed by atoms with E-state index in [1.165, 1.54) is 12.8 Å². The van der Waals surface area contributed by atoms with Crippen molar-refractivity contribution in [1.82, 2.24) is 10.2 Å². The number of benzene rings is 1. The van der Waals surface area contributed by atoms with Crippen LogP contribution in [0.15, 0.2) is 24.3 Å². The summed E-state index contributed by atoms with van der Waals surface area (Å²) in [5.41, 5.74) is 1.12. The zero-order valence-electron chi connectivity index (χ0n) is 12.1. The molecule has 1 amide bonds. The van der Waals surface area contributed by atoms with Crippen LogP contribution in [0.3, 0.4) is 0 Å². The molecule has 2 rings (SSSR count). The van der Waals surface area contributed by atoms with Crippen molar-refractivity contribution < 1.29 is 9.90 Å². The summed E-state index contributed by atoms with van der Waals surface area (Å²) in [6.07, 6.45) is 5.01. The molecule has 1 aliphatic heterocycles. The highest BCUT2D eigenvalue weighted by atomic mass is 16.3. The predicted octanol–water partition coefficient (Wildman–Crippen LogP) is 1.93. The average molecular weight is 276 g/mol. The minimum atomic E-state index is 0.141. The molecule has 2 N–H and O–H groups in total. The second-order valence-corrected chi connectivity index (χ2v) is 5.60. The number of aromatic hydroxyl groups is 1. The smallest absolute Gasteiger partial charge is 0.221 e. The SMILES string of the molecule is CN1CCCC[C@H]1CC(=O)NCCc1ccc(O)cc1. The van der Waals surface area contributed by atoms with Gasteiger partial charge < -0.3 is 15.3 Å². The van der Waals surface area contributed by atoms with E-state index in [1.54, 1.807) is 12.1 Å². The summed E-state index contributed by atoms with van der Waals surface area (Å²) in [5, 5.41) is 12.2. The van der Waals surface area contributed by atoms with Gasteiger partial charge in [-0.25, -0.2) is 0 Å². The minimum Gasteiger partial charge on any atom is -0.508 e. The lowest BCUT2D eigenvalue weighted by atomic mass is 10.00. The highest BCUT2D eigenvalue weighted by Gasteiger charge is 2.21. The van der Waals surface area contributed by atoms with Gasteiger partial charge in [-0.1, -0.05) is 18.6 Å². The number of piperidine rings is 1. The van der Waals surface area contributed by atoms with Gasteiger partial charge in [0, 0.05) is 19.0 Å². The zero-order valence-corrected chi connectivity index (χ0v) is 12.1. The predicted molar refractivity (Wildman–Crippen MR) is 79.7 cm³/mol. The van der Waals surface area contributed by atoms with Gasteiger partial charge in [-0.3, -0.25) is 4.79 Å². The first-order valence-corrected chi connectivity index (χ1v) is 7.40. The molecule has 1 aromatic rings. The van der Waals surface area contributed by atoms with E-state index in [0.717, 1.165) is 24.9 Å².